The van der Waals surface area contributed by atoms with Gasteiger partial charge in [0.15, 0.2) is 0 Å². The first-order valence-corrected chi connectivity index (χ1v) is 7.77. The van der Waals surface area contributed by atoms with Crippen LogP contribution in [-0.2, 0) is 9.22 Å². The molecule has 1 fully saturated rings. The monoisotopic (exact) mass is 238 g/mol. The summed E-state index contributed by atoms with van der Waals surface area (Å²) < 4.78 is 5.57. The molecule has 15 heavy (non-hydrogen) atoms. The van der Waals surface area contributed by atoms with Crippen molar-refractivity contribution >= 4 is 44.6 Å². The Kier molecular flexibility index (Phi) is 7.42. The Morgan fingerprint density at radius 3 is 2.20 bits per heavy atom. The van der Waals surface area contributed by atoms with E-state index in [1.807, 2.05) is 0 Å². The summed E-state index contributed by atoms with van der Waals surface area (Å²) in [5.74, 6) is 0.0380. The van der Waals surface area contributed by atoms with E-state index in [-0.39, 0.29) is 40.9 Å². The molecule has 0 aromatic rings. The predicted molar refractivity (Wildman–Crippen MR) is 67.9 cm³/mol. The summed E-state index contributed by atoms with van der Waals surface area (Å²) in [7, 11) is -1.12. The van der Waals surface area contributed by atoms with Crippen LogP contribution in [0.25, 0.3) is 0 Å². The Hall–Kier alpha value is 0.687. The van der Waals surface area contributed by atoms with Gasteiger partial charge in [-0.3, -0.25) is 4.79 Å². The fourth-order valence-electron chi connectivity index (χ4n) is 1.84. The number of carbonyl (C=O) groups excluding carboxylic acids is 1. The second-order valence-electron chi connectivity index (χ2n) is 5.49. The van der Waals surface area contributed by atoms with Gasteiger partial charge in [-0.1, -0.05) is 40.0 Å². The maximum atomic E-state index is 11.5. The van der Waals surface area contributed by atoms with Crippen molar-refractivity contribution in [2.45, 2.75) is 58.5 Å². The van der Waals surface area contributed by atoms with Crippen molar-refractivity contribution in [3.05, 3.63) is 0 Å². The van der Waals surface area contributed by atoms with Crippen molar-refractivity contribution < 1.29 is 9.22 Å². The van der Waals surface area contributed by atoms with Crippen LogP contribution in [0, 0.1) is 5.41 Å². The van der Waals surface area contributed by atoms with E-state index >= 15 is 0 Å². The SMILES string of the molecule is CC(C)(C)CC(=O)O[SiH]1CCCCC1.[NaH]. The molecule has 0 saturated carbocycles. The van der Waals surface area contributed by atoms with Gasteiger partial charge in [-0.2, -0.15) is 0 Å². The molecule has 0 unspecified atom stereocenters. The molecule has 1 aliphatic heterocycles. The number of carbonyl (C=O) groups is 1. The van der Waals surface area contributed by atoms with Crippen LogP contribution in [0.1, 0.15) is 46.5 Å². The van der Waals surface area contributed by atoms with Crippen LogP contribution in [0.5, 0.6) is 0 Å². The van der Waals surface area contributed by atoms with Crippen LogP contribution in [-0.4, -0.2) is 44.6 Å². The van der Waals surface area contributed by atoms with Gasteiger partial charge in [-0.25, -0.2) is 0 Å². The third-order valence-electron chi connectivity index (χ3n) is 2.52. The molecule has 0 spiro atoms. The Balaban J connectivity index is 0.00000196. The van der Waals surface area contributed by atoms with E-state index in [2.05, 4.69) is 20.8 Å². The average molecular weight is 238 g/mol. The van der Waals surface area contributed by atoms with Gasteiger partial charge in [0.2, 0.25) is 9.04 Å². The van der Waals surface area contributed by atoms with Crippen molar-refractivity contribution in [1.29, 1.82) is 0 Å². The Morgan fingerprint density at radius 2 is 1.73 bits per heavy atom. The maximum absolute atomic E-state index is 11.5. The summed E-state index contributed by atoms with van der Waals surface area (Å²) in [5, 5.41) is 0. The van der Waals surface area contributed by atoms with Crippen molar-refractivity contribution in [3.63, 3.8) is 0 Å². The van der Waals surface area contributed by atoms with Gasteiger partial charge in [-0.05, 0) is 17.5 Å². The minimum absolute atomic E-state index is 0. The van der Waals surface area contributed by atoms with Crippen molar-refractivity contribution in [2.24, 2.45) is 5.41 Å². The van der Waals surface area contributed by atoms with Gasteiger partial charge in [0.1, 0.15) is 0 Å². The minimum atomic E-state index is -1.12. The molecule has 0 aliphatic carbocycles. The Bertz CT molecular complexity index is 195. The Morgan fingerprint density at radius 1 is 1.20 bits per heavy atom. The van der Waals surface area contributed by atoms with Gasteiger partial charge >= 0.3 is 29.6 Å². The van der Waals surface area contributed by atoms with Crippen molar-refractivity contribution in [3.8, 4) is 0 Å². The molecule has 0 radical (unpaired) electrons. The van der Waals surface area contributed by atoms with E-state index in [9.17, 15) is 4.79 Å². The quantitative estimate of drug-likeness (QED) is 0.690. The van der Waals surface area contributed by atoms with E-state index in [1.54, 1.807) is 0 Å². The fourth-order valence-corrected chi connectivity index (χ4v) is 4.31. The van der Waals surface area contributed by atoms with E-state index in [0.29, 0.717) is 6.42 Å². The van der Waals surface area contributed by atoms with E-state index in [0.717, 1.165) is 0 Å². The van der Waals surface area contributed by atoms with Crippen LogP contribution >= 0.6 is 0 Å². The molecular weight excluding hydrogens is 215 g/mol. The van der Waals surface area contributed by atoms with Gasteiger partial charge < -0.3 is 4.43 Å². The molecule has 1 heterocycles. The molecule has 1 rings (SSSR count). The molecule has 0 N–H and O–H groups in total. The molecule has 1 saturated heterocycles. The predicted octanol–water partition coefficient (Wildman–Crippen LogP) is 2.23. The summed E-state index contributed by atoms with van der Waals surface area (Å²) in [6.45, 7) is 6.24. The molecule has 2 nitrogen and oxygen atoms in total. The first kappa shape index (κ1) is 15.7. The van der Waals surface area contributed by atoms with Crippen LogP contribution in [0.15, 0.2) is 0 Å². The molecule has 0 bridgehead atoms. The average Bonchev–Trinajstić information content (AvgIpc) is 2.02. The van der Waals surface area contributed by atoms with Gasteiger partial charge in [-0.15, -0.1) is 0 Å². The van der Waals surface area contributed by atoms with E-state index in [4.69, 9.17) is 4.43 Å². The number of rotatable bonds is 2. The fraction of sp³-hybridized carbons (Fsp3) is 0.909. The summed E-state index contributed by atoms with van der Waals surface area (Å²) >= 11 is 0. The molecule has 0 aromatic heterocycles. The molecule has 1 aliphatic rings. The molecule has 0 amide bonds. The third kappa shape index (κ3) is 7.56. The topological polar surface area (TPSA) is 26.3 Å². The van der Waals surface area contributed by atoms with E-state index < -0.39 is 9.04 Å². The second-order valence-corrected chi connectivity index (χ2v) is 8.12. The van der Waals surface area contributed by atoms with Crippen LogP contribution in [0.2, 0.25) is 12.1 Å². The Labute approximate surface area is 117 Å². The number of hydrogen-bond acceptors (Lipinski definition) is 2. The second kappa shape index (κ2) is 7.10. The van der Waals surface area contributed by atoms with Gasteiger partial charge in [0.25, 0.3) is 5.97 Å². The first-order chi connectivity index (χ1) is 6.47. The van der Waals surface area contributed by atoms with Crippen LogP contribution in [0.4, 0.5) is 0 Å². The molecule has 84 valence electrons. The standard InChI is InChI=1S/C11H22O2Si.Na.H/c1-11(2,3)9-10(12)13-14-7-5-4-6-8-14;;/h14H,4-9H2,1-3H3;;. The summed E-state index contributed by atoms with van der Waals surface area (Å²) in [5.41, 5.74) is 0.0696. The molecule has 0 atom stereocenters. The van der Waals surface area contributed by atoms with E-state index in [1.165, 1.54) is 31.4 Å². The zero-order chi connectivity index (χ0) is 10.6. The van der Waals surface area contributed by atoms with Gasteiger partial charge in [0, 0.05) is 6.42 Å². The van der Waals surface area contributed by atoms with Gasteiger partial charge in [0.05, 0.1) is 0 Å². The molecule has 4 heteroatoms. The van der Waals surface area contributed by atoms with Crippen LogP contribution in [0.3, 0.4) is 0 Å². The molecular formula is C11H23NaO2Si. The summed E-state index contributed by atoms with van der Waals surface area (Å²) in [6, 6.07) is 2.41. The normalized spacial score (nSPS) is 18.1. The van der Waals surface area contributed by atoms with Crippen molar-refractivity contribution in [2.75, 3.05) is 0 Å². The van der Waals surface area contributed by atoms with Crippen LogP contribution < -0.4 is 0 Å². The summed E-state index contributed by atoms with van der Waals surface area (Å²) in [4.78, 5) is 11.5. The molecule has 0 aromatic carbocycles. The third-order valence-corrected chi connectivity index (χ3v) is 5.23. The zero-order valence-electron chi connectivity index (χ0n) is 9.64. The number of hydrogen-bond donors (Lipinski definition) is 0. The van der Waals surface area contributed by atoms with Crippen molar-refractivity contribution in [1.82, 2.24) is 0 Å². The summed E-state index contributed by atoms with van der Waals surface area (Å²) in [6.07, 6.45) is 4.45. The zero-order valence-corrected chi connectivity index (χ0v) is 10.8. The first-order valence-electron chi connectivity index (χ1n) is 5.67.